The minimum absolute atomic E-state index is 0.0458. The molecule has 12 nitrogen and oxygen atoms in total. The number of ether oxygens (including phenoxy) is 2. The number of esters is 1. The summed E-state index contributed by atoms with van der Waals surface area (Å²) in [5.41, 5.74) is 0.776. The Kier molecular flexibility index (Phi) is 9.80. The summed E-state index contributed by atoms with van der Waals surface area (Å²) in [5, 5.41) is 14.2. The molecule has 0 radical (unpaired) electrons. The van der Waals surface area contributed by atoms with Gasteiger partial charge in [-0.2, -0.15) is 0 Å². The summed E-state index contributed by atoms with van der Waals surface area (Å²) in [7, 11) is 3.08. The van der Waals surface area contributed by atoms with Crippen molar-refractivity contribution >= 4 is 68.6 Å². The Hall–Kier alpha value is -3.26. The molecule has 0 spiro atoms. The second-order valence-corrected chi connectivity index (χ2v) is 9.05. The maximum Gasteiger partial charge on any atom is 0.417 e. The summed E-state index contributed by atoms with van der Waals surface area (Å²) >= 11 is 15.2. The van der Waals surface area contributed by atoms with Crippen molar-refractivity contribution in [3.63, 3.8) is 0 Å². The van der Waals surface area contributed by atoms with Crippen LogP contribution in [0.4, 0.5) is 16.3 Å². The zero-order valence-electron chi connectivity index (χ0n) is 19.9. The monoisotopic (exact) mass is 613 g/mol. The average molecular weight is 615 g/mol. The van der Waals surface area contributed by atoms with Crippen molar-refractivity contribution in [2.75, 3.05) is 30.9 Å². The van der Waals surface area contributed by atoms with Crippen LogP contribution >= 0.6 is 39.1 Å². The van der Waals surface area contributed by atoms with E-state index < -0.39 is 24.2 Å². The normalized spacial score (nSPS) is 11.5. The maximum atomic E-state index is 12.8. The van der Waals surface area contributed by atoms with Gasteiger partial charge in [0.05, 0.1) is 17.3 Å². The first-order chi connectivity index (χ1) is 17.6. The van der Waals surface area contributed by atoms with Crippen LogP contribution in [-0.4, -0.2) is 58.6 Å². The highest BCUT2D eigenvalue weighted by Crippen LogP contribution is 2.26. The Balaban J connectivity index is 1.68. The van der Waals surface area contributed by atoms with Gasteiger partial charge in [0, 0.05) is 23.8 Å². The fourth-order valence-corrected chi connectivity index (χ4v) is 3.81. The van der Waals surface area contributed by atoms with Crippen molar-refractivity contribution in [2.45, 2.75) is 19.8 Å². The Bertz CT molecular complexity index is 1310. The molecule has 3 aromatic rings. The number of hydrogen-bond donors (Lipinski definition) is 2. The second kappa shape index (κ2) is 12.8. The van der Waals surface area contributed by atoms with Gasteiger partial charge in [0.2, 0.25) is 6.23 Å². The molecule has 2 aromatic heterocycles. The number of likely N-dealkylation sites (N-methyl/N-ethyl adjacent to an activating group) is 1. The van der Waals surface area contributed by atoms with Crippen molar-refractivity contribution in [2.24, 2.45) is 0 Å². The van der Waals surface area contributed by atoms with Gasteiger partial charge in [0.15, 0.2) is 10.3 Å². The van der Waals surface area contributed by atoms with E-state index >= 15 is 0 Å². The number of amides is 2. The number of pyridine rings is 1. The van der Waals surface area contributed by atoms with Gasteiger partial charge in [0.25, 0.3) is 5.91 Å². The highest BCUT2D eigenvalue weighted by molar-refractivity contribution is 9.10. The Morgan fingerprint density at radius 2 is 1.97 bits per heavy atom. The minimum atomic E-state index is -0.993. The molecule has 0 saturated carbocycles. The molecular formula is C22H22BrCl2N7O5. The first-order valence-corrected chi connectivity index (χ1v) is 12.2. The fourth-order valence-electron chi connectivity index (χ4n) is 2.93. The van der Waals surface area contributed by atoms with E-state index in [4.69, 9.17) is 32.7 Å². The number of halogens is 3. The number of carbonyl (C=O) groups excluding carboxylic acids is 3. The number of benzene rings is 1. The summed E-state index contributed by atoms with van der Waals surface area (Å²) < 4.78 is 10.8. The lowest BCUT2D eigenvalue weighted by Gasteiger charge is -2.21. The quantitative estimate of drug-likeness (QED) is 0.341. The largest absolute Gasteiger partial charge is 0.460 e. The number of anilines is 2. The molecule has 37 heavy (non-hydrogen) atoms. The Labute approximate surface area is 230 Å². The van der Waals surface area contributed by atoms with Crippen molar-refractivity contribution in [1.82, 2.24) is 25.3 Å². The van der Waals surface area contributed by atoms with Crippen LogP contribution in [0.1, 0.15) is 29.2 Å². The number of hydrogen-bond acceptors (Lipinski definition) is 9. The smallest absolute Gasteiger partial charge is 0.417 e. The van der Waals surface area contributed by atoms with Crippen LogP contribution in [-0.2, 0) is 20.9 Å². The molecule has 196 valence electrons. The van der Waals surface area contributed by atoms with Crippen LogP contribution in [0.25, 0.3) is 0 Å². The molecule has 2 amide bonds. The van der Waals surface area contributed by atoms with Crippen LogP contribution in [0, 0.1) is 0 Å². The molecular weight excluding hydrogens is 593 g/mol. The van der Waals surface area contributed by atoms with Crippen LogP contribution in [0.2, 0.25) is 10.0 Å². The predicted octanol–water partition coefficient (Wildman–Crippen LogP) is 4.05. The fraction of sp³-hybridized carbons (Fsp3) is 0.273. The first kappa shape index (κ1) is 28.3. The molecule has 2 N–H and O–H groups in total. The van der Waals surface area contributed by atoms with Crippen molar-refractivity contribution in [3.8, 4) is 0 Å². The molecule has 1 unspecified atom stereocenters. The lowest BCUT2D eigenvalue weighted by Crippen LogP contribution is -2.31. The van der Waals surface area contributed by atoms with E-state index in [0.29, 0.717) is 16.3 Å². The molecule has 0 fully saturated rings. The molecule has 0 saturated heterocycles. The van der Waals surface area contributed by atoms with Gasteiger partial charge < -0.3 is 20.1 Å². The first-order valence-electron chi connectivity index (χ1n) is 10.7. The number of nitrogens with one attached hydrogen (secondary N) is 2. The maximum absolute atomic E-state index is 12.8. The number of carbonyl (C=O) groups is 3. The topological polar surface area (TPSA) is 141 Å². The molecule has 0 bridgehead atoms. The van der Waals surface area contributed by atoms with E-state index in [9.17, 15) is 14.4 Å². The summed E-state index contributed by atoms with van der Waals surface area (Å²) in [5.74, 6) is -0.805. The highest BCUT2D eigenvalue weighted by atomic mass is 79.9. The molecule has 1 atom stereocenters. The van der Waals surface area contributed by atoms with Crippen molar-refractivity contribution in [3.05, 3.63) is 62.4 Å². The summed E-state index contributed by atoms with van der Waals surface area (Å²) in [6.07, 6.45) is -0.278. The second-order valence-electron chi connectivity index (χ2n) is 7.46. The van der Waals surface area contributed by atoms with E-state index in [0.717, 1.165) is 9.70 Å². The summed E-state index contributed by atoms with van der Waals surface area (Å²) in [6, 6.07) is 7.94. The van der Waals surface area contributed by atoms with Crippen LogP contribution < -0.4 is 15.5 Å². The van der Waals surface area contributed by atoms with Gasteiger partial charge in [-0.05, 0) is 54.2 Å². The SMILES string of the molecule is CNCC(=O)OCc1cccnc1N(C)C(=O)OC(C)n1nc(Br)c(C(=O)Nc2ccc(Cl)cc2Cl)n1. The van der Waals surface area contributed by atoms with E-state index in [-0.39, 0.29) is 34.3 Å². The van der Waals surface area contributed by atoms with E-state index in [1.165, 1.54) is 26.2 Å². The van der Waals surface area contributed by atoms with Crippen molar-refractivity contribution in [1.29, 1.82) is 0 Å². The van der Waals surface area contributed by atoms with E-state index in [1.807, 2.05) is 0 Å². The van der Waals surface area contributed by atoms with E-state index in [1.54, 1.807) is 31.3 Å². The number of aromatic nitrogens is 4. The minimum Gasteiger partial charge on any atom is -0.460 e. The van der Waals surface area contributed by atoms with Gasteiger partial charge in [-0.15, -0.1) is 15.0 Å². The third kappa shape index (κ3) is 7.38. The Morgan fingerprint density at radius 3 is 2.68 bits per heavy atom. The van der Waals surface area contributed by atoms with Gasteiger partial charge in [-0.1, -0.05) is 29.3 Å². The summed E-state index contributed by atoms with van der Waals surface area (Å²) in [4.78, 5) is 43.6. The van der Waals surface area contributed by atoms with Crippen LogP contribution in [0.15, 0.2) is 41.1 Å². The van der Waals surface area contributed by atoms with Gasteiger partial charge in [-0.25, -0.2) is 9.78 Å². The zero-order chi connectivity index (χ0) is 27.1. The Morgan fingerprint density at radius 1 is 1.22 bits per heavy atom. The predicted molar refractivity (Wildman–Crippen MR) is 140 cm³/mol. The van der Waals surface area contributed by atoms with Gasteiger partial charge >= 0.3 is 12.1 Å². The molecule has 1 aromatic carbocycles. The molecule has 3 rings (SSSR count). The molecule has 2 heterocycles. The third-order valence-electron chi connectivity index (χ3n) is 4.75. The van der Waals surface area contributed by atoms with E-state index in [2.05, 4.69) is 41.7 Å². The molecule has 0 aliphatic heterocycles. The van der Waals surface area contributed by atoms with Gasteiger partial charge in [-0.3, -0.25) is 14.5 Å². The van der Waals surface area contributed by atoms with Crippen LogP contribution in [0.3, 0.4) is 0 Å². The lowest BCUT2D eigenvalue weighted by atomic mass is 10.2. The van der Waals surface area contributed by atoms with Crippen LogP contribution in [0.5, 0.6) is 0 Å². The van der Waals surface area contributed by atoms with Gasteiger partial charge in [0.1, 0.15) is 12.4 Å². The standard InChI is InChI=1S/C22H22BrCl2N7O5/c1-12(32-29-18(19(23)30-32)21(34)28-16-7-6-14(24)9-15(16)25)37-22(35)31(3)20-13(5-4-8-27-20)11-36-17(33)10-26-2/h4-9,12,26H,10-11H2,1-3H3,(H,28,34). The molecule has 0 aliphatic rings. The molecule has 0 aliphatic carbocycles. The third-order valence-corrected chi connectivity index (χ3v) is 5.83. The highest BCUT2D eigenvalue weighted by Gasteiger charge is 2.24. The summed E-state index contributed by atoms with van der Waals surface area (Å²) in [6.45, 7) is 1.49. The lowest BCUT2D eigenvalue weighted by molar-refractivity contribution is -0.143. The number of rotatable bonds is 9. The zero-order valence-corrected chi connectivity index (χ0v) is 23.0. The average Bonchev–Trinajstić information content (AvgIpc) is 3.26. The van der Waals surface area contributed by atoms with Crippen molar-refractivity contribution < 1.29 is 23.9 Å². The number of nitrogens with zero attached hydrogens (tertiary/aromatic N) is 5. The molecule has 15 heteroatoms.